The van der Waals surface area contributed by atoms with Crippen LogP contribution in [0.3, 0.4) is 0 Å². The van der Waals surface area contributed by atoms with Gasteiger partial charge in [0.05, 0.1) is 24.4 Å². The zero-order chi connectivity index (χ0) is 17.4. The summed E-state index contributed by atoms with van der Waals surface area (Å²) >= 11 is 0. The first-order chi connectivity index (χ1) is 11.7. The summed E-state index contributed by atoms with van der Waals surface area (Å²) in [6.07, 6.45) is 2.24. The largest absolute Gasteiger partial charge is 0.465 e. The zero-order valence-electron chi connectivity index (χ0n) is 13.1. The molecule has 10 nitrogen and oxygen atoms in total. The molecule has 0 spiro atoms. The number of fused-ring (bicyclic) bond motifs is 1. The number of esters is 1. The Kier molecular flexibility index (Phi) is 6.01. The second-order valence-electron chi connectivity index (χ2n) is 5.08. The molecule has 1 aromatic carbocycles. The molecule has 24 heavy (non-hydrogen) atoms. The molecule has 2 aromatic rings. The Labute approximate surface area is 137 Å². The molecule has 124 valence electrons. The number of carbonyl (C=O) groups excluding carboxylic acids is 1. The van der Waals surface area contributed by atoms with Crippen LogP contribution in [0.25, 0.3) is 31.8 Å². The van der Waals surface area contributed by atoms with Crippen molar-refractivity contribution in [2.75, 3.05) is 20.2 Å². The van der Waals surface area contributed by atoms with Gasteiger partial charge in [0.2, 0.25) is 0 Å². The number of aryl methyl sites for hydroxylation is 1. The molecule has 0 aliphatic carbocycles. The number of benzene rings is 1. The minimum Gasteiger partial charge on any atom is -0.465 e. The topological polar surface area (TPSA) is 142 Å². The molecule has 0 bridgehead atoms. The van der Waals surface area contributed by atoms with Crippen molar-refractivity contribution in [3.05, 3.63) is 50.8 Å². The van der Waals surface area contributed by atoms with Gasteiger partial charge in [0.15, 0.2) is 0 Å². The molecule has 0 atom stereocenters. The molecular weight excluding hydrogens is 312 g/mol. The van der Waals surface area contributed by atoms with Gasteiger partial charge in [-0.1, -0.05) is 16.3 Å². The Bertz CT molecular complexity index is 797. The van der Waals surface area contributed by atoms with E-state index in [9.17, 15) is 4.79 Å². The lowest BCUT2D eigenvalue weighted by Crippen LogP contribution is -2.13. The summed E-state index contributed by atoms with van der Waals surface area (Å²) in [4.78, 5) is 17.3. The van der Waals surface area contributed by atoms with Crippen LogP contribution in [0.5, 0.6) is 0 Å². The molecule has 10 heteroatoms. The molecule has 0 radical (unpaired) electrons. The maximum atomic E-state index is 11.8. The Hall–Kier alpha value is -3.22. The third-order valence-electron chi connectivity index (χ3n) is 3.65. The molecular formula is C14H16N8O2. The molecule has 1 heterocycles. The second-order valence-corrected chi connectivity index (χ2v) is 5.08. The van der Waals surface area contributed by atoms with E-state index < -0.39 is 5.97 Å². The van der Waals surface area contributed by atoms with Gasteiger partial charge in [-0.2, -0.15) is 5.10 Å². The molecule has 0 aliphatic rings. The number of hydrogen-bond acceptors (Lipinski definition) is 5. The monoisotopic (exact) mass is 328 g/mol. The molecule has 0 amide bonds. The number of hydrogen-bond donors (Lipinski definition) is 0. The van der Waals surface area contributed by atoms with Crippen molar-refractivity contribution in [2.24, 2.45) is 16.1 Å². The normalized spacial score (nSPS) is 11.4. The van der Waals surface area contributed by atoms with Crippen LogP contribution in [0.15, 0.2) is 34.6 Å². The Morgan fingerprint density at radius 1 is 1.33 bits per heavy atom. The Morgan fingerprint density at radius 3 is 2.67 bits per heavy atom. The number of azide groups is 2. The van der Waals surface area contributed by atoms with Crippen LogP contribution in [-0.2, 0) is 11.3 Å². The van der Waals surface area contributed by atoms with Crippen molar-refractivity contribution in [2.45, 2.75) is 13.0 Å². The lowest BCUT2D eigenvalue weighted by Gasteiger charge is -2.12. The SMILES string of the molecule is COC(=O)c1cccc2c1cnn2CCC(CN=[N+]=[N-])CN=[N+]=[N-]. The molecule has 0 fully saturated rings. The fourth-order valence-electron chi connectivity index (χ4n) is 2.42. The van der Waals surface area contributed by atoms with Gasteiger partial charge in [-0.3, -0.25) is 4.68 Å². The van der Waals surface area contributed by atoms with Crippen molar-refractivity contribution >= 4 is 16.9 Å². The highest BCUT2D eigenvalue weighted by molar-refractivity contribution is 6.03. The van der Waals surface area contributed by atoms with Gasteiger partial charge in [-0.15, -0.1) is 0 Å². The van der Waals surface area contributed by atoms with Crippen LogP contribution < -0.4 is 0 Å². The maximum absolute atomic E-state index is 11.8. The fourth-order valence-corrected chi connectivity index (χ4v) is 2.42. The van der Waals surface area contributed by atoms with Crippen LogP contribution in [0.2, 0.25) is 0 Å². The third kappa shape index (κ3) is 3.95. The number of ether oxygens (including phenoxy) is 1. The average molecular weight is 328 g/mol. The smallest absolute Gasteiger partial charge is 0.338 e. The first-order valence-corrected chi connectivity index (χ1v) is 7.25. The van der Waals surface area contributed by atoms with E-state index in [0.717, 1.165) is 5.52 Å². The van der Waals surface area contributed by atoms with Gasteiger partial charge in [0.1, 0.15) is 0 Å². The average Bonchev–Trinajstić information content (AvgIpc) is 3.03. The van der Waals surface area contributed by atoms with E-state index in [1.807, 2.05) is 6.07 Å². The van der Waals surface area contributed by atoms with E-state index in [0.29, 0.717) is 23.9 Å². The Balaban J connectivity index is 2.18. The molecule has 0 aliphatic heterocycles. The number of nitrogens with zero attached hydrogens (tertiary/aromatic N) is 8. The van der Waals surface area contributed by atoms with Crippen molar-refractivity contribution in [1.29, 1.82) is 0 Å². The summed E-state index contributed by atoms with van der Waals surface area (Å²) in [5.41, 5.74) is 18.1. The van der Waals surface area contributed by atoms with Gasteiger partial charge in [0, 0.05) is 34.8 Å². The first-order valence-electron chi connectivity index (χ1n) is 7.25. The highest BCUT2D eigenvalue weighted by Gasteiger charge is 2.14. The summed E-state index contributed by atoms with van der Waals surface area (Å²) in [6.45, 7) is 1.05. The molecule has 0 saturated carbocycles. The fraction of sp³-hybridized carbons (Fsp3) is 0.429. The van der Waals surface area contributed by atoms with Crippen LogP contribution >= 0.6 is 0 Å². The lowest BCUT2D eigenvalue weighted by molar-refractivity contribution is 0.0603. The number of methoxy groups -OCH3 is 1. The second kappa shape index (κ2) is 8.42. The maximum Gasteiger partial charge on any atom is 0.338 e. The number of rotatable bonds is 8. The molecule has 1 aromatic heterocycles. The summed E-state index contributed by atoms with van der Waals surface area (Å²) in [7, 11) is 1.33. The van der Waals surface area contributed by atoms with E-state index in [1.165, 1.54) is 7.11 Å². The summed E-state index contributed by atoms with van der Waals surface area (Å²) < 4.78 is 6.54. The van der Waals surface area contributed by atoms with Crippen molar-refractivity contribution < 1.29 is 9.53 Å². The number of carbonyl (C=O) groups is 1. The van der Waals surface area contributed by atoms with Gasteiger partial charge in [-0.25, -0.2) is 4.79 Å². The number of aromatic nitrogens is 2. The molecule has 0 saturated heterocycles. The molecule has 2 rings (SSSR count). The van der Waals surface area contributed by atoms with Crippen LogP contribution in [0, 0.1) is 5.92 Å². The van der Waals surface area contributed by atoms with Crippen molar-refractivity contribution in [3.8, 4) is 0 Å². The first kappa shape index (κ1) is 17.1. The minimum atomic E-state index is -0.412. The van der Waals surface area contributed by atoms with E-state index in [-0.39, 0.29) is 19.0 Å². The van der Waals surface area contributed by atoms with Gasteiger partial charge >= 0.3 is 5.97 Å². The third-order valence-corrected chi connectivity index (χ3v) is 3.65. The molecule has 0 unspecified atom stereocenters. The van der Waals surface area contributed by atoms with Crippen molar-refractivity contribution in [1.82, 2.24) is 9.78 Å². The summed E-state index contributed by atoms with van der Waals surface area (Å²) in [5.74, 6) is -0.482. The van der Waals surface area contributed by atoms with Crippen molar-refractivity contribution in [3.63, 3.8) is 0 Å². The summed E-state index contributed by atoms with van der Waals surface area (Å²) in [5, 5.41) is 12.1. The predicted octanol–water partition coefficient (Wildman–Crippen LogP) is 3.45. The van der Waals surface area contributed by atoms with Crippen LogP contribution in [0.4, 0.5) is 0 Å². The zero-order valence-corrected chi connectivity index (χ0v) is 13.1. The predicted molar refractivity (Wildman–Crippen MR) is 87.2 cm³/mol. The van der Waals surface area contributed by atoms with E-state index in [2.05, 4.69) is 25.2 Å². The molecule has 0 N–H and O–H groups in total. The minimum absolute atomic E-state index is 0.0696. The lowest BCUT2D eigenvalue weighted by atomic mass is 10.1. The van der Waals surface area contributed by atoms with Crippen LogP contribution in [-0.4, -0.2) is 35.9 Å². The van der Waals surface area contributed by atoms with Gasteiger partial charge in [0.25, 0.3) is 0 Å². The van der Waals surface area contributed by atoms with Crippen LogP contribution in [0.1, 0.15) is 16.8 Å². The quantitative estimate of drug-likeness (QED) is 0.317. The Morgan fingerprint density at radius 2 is 2.04 bits per heavy atom. The van der Waals surface area contributed by atoms with E-state index >= 15 is 0 Å². The highest BCUT2D eigenvalue weighted by Crippen LogP contribution is 2.20. The van der Waals surface area contributed by atoms with Gasteiger partial charge in [-0.05, 0) is 35.5 Å². The standard InChI is InChI=1S/C14H16N8O2/c1-24-14(23)11-3-2-4-13-12(11)9-19-22(13)6-5-10(7-17-20-15)8-18-21-16/h2-4,9-10H,5-8H2,1H3. The van der Waals surface area contributed by atoms with E-state index in [4.69, 9.17) is 15.8 Å². The highest BCUT2D eigenvalue weighted by atomic mass is 16.5. The van der Waals surface area contributed by atoms with Gasteiger partial charge < -0.3 is 4.74 Å². The van der Waals surface area contributed by atoms with E-state index in [1.54, 1.807) is 23.0 Å². The summed E-state index contributed by atoms with van der Waals surface area (Å²) in [6, 6.07) is 5.32.